The zero-order chi connectivity index (χ0) is 17.7. The second-order valence-corrected chi connectivity index (χ2v) is 4.96. The van der Waals surface area contributed by atoms with Crippen molar-refractivity contribution >= 4 is 5.91 Å². The lowest BCUT2D eigenvalue weighted by Crippen LogP contribution is -2.27. The SMILES string of the molecule is COc1cc(C(=O)N[C@H](C)c2ccccc2F)ccc1OC(F)F. The molecule has 128 valence electrons. The van der Waals surface area contributed by atoms with E-state index in [1.54, 1.807) is 25.1 Å². The van der Waals surface area contributed by atoms with Crippen molar-refractivity contribution in [1.82, 2.24) is 5.32 Å². The van der Waals surface area contributed by atoms with Crippen molar-refractivity contribution in [2.45, 2.75) is 19.6 Å². The van der Waals surface area contributed by atoms with Gasteiger partial charge in [0.2, 0.25) is 0 Å². The van der Waals surface area contributed by atoms with Gasteiger partial charge in [-0.05, 0) is 31.2 Å². The average Bonchev–Trinajstić information content (AvgIpc) is 2.54. The zero-order valence-corrected chi connectivity index (χ0v) is 13.1. The van der Waals surface area contributed by atoms with Gasteiger partial charge in [0.15, 0.2) is 11.5 Å². The van der Waals surface area contributed by atoms with Gasteiger partial charge in [0.25, 0.3) is 5.91 Å². The number of carbonyl (C=O) groups is 1. The normalized spacial score (nSPS) is 11.9. The van der Waals surface area contributed by atoms with Gasteiger partial charge in [-0.2, -0.15) is 8.78 Å². The predicted octanol–water partition coefficient (Wildman–Crippen LogP) is 3.93. The predicted molar refractivity (Wildman–Crippen MR) is 81.9 cm³/mol. The Morgan fingerprint density at radius 1 is 1.12 bits per heavy atom. The molecular weight excluding hydrogens is 323 g/mol. The number of rotatable bonds is 6. The Morgan fingerprint density at radius 3 is 2.46 bits per heavy atom. The molecule has 1 atom stereocenters. The summed E-state index contributed by atoms with van der Waals surface area (Å²) >= 11 is 0. The van der Waals surface area contributed by atoms with Gasteiger partial charge in [-0.3, -0.25) is 4.79 Å². The fourth-order valence-electron chi connectivity index (χ4n) is 2.19. The van der Waals surface area contributed by atoms with E-state index < -0.39 is 24.4 Å². The maximum absolute atomic E-state index is 13.7. The molecule has 2 aromatic carbocycles. The molecule has 2 rings (SSSR count). The Bertz CT molecular complexity index is 722. The van der Waals surface area contributed by atoms with E-state index in [0.717, 1.165) is 0 Å². The number of nitrogens with one attached hydrogen (secondary N) is 1. The number of ether oxygens (including phenoxy) is 2. The molecule has 0 aliphatic heterocycles. The molecule has 1 amide bonds. The number of halogens is 3. The Morgan fingerprint density at radius 2 is 1.83 bits per heavy atom. The molecule has 0 aromatic heterocycles. The maximum Gasteiger partial charge on any atom is 0.387 e. The monoisotopic (exact) mass is 339 g/mol. The van der Waals surface area contributed by atoms with E-state index in [2.05, 4.69) is 10.1 Å². The van der Waals surface area contributed by atoms with Crippen molar-refractivity contribution in [3.8, 4) is 11.5 Å². The highest BCUT2D eigenvalue weighted by atomic mass is 19.3. The molecular formula is C17H16F3NO3. The van der Waals surface area contributed by atoms with Gasteiger partial charge >= 0.3 is 6.61 Å². The standard InChI is InChI=1S/C17H16F3NO3/c1-10(12-5-3-4-6-13(12)18)21-16(22)11-7-8-14(24-17(19)20)15(9-11)23-2/h3-10,17H,1-2H3,(H,21,22)/t10-/m1/s1. The van der Waals surface area contributed by atoms with Crippen LogP contribution in [0.15, 0.2) is 42.5 Å². The van der Waals surface area contributed by atoms with E-state index >= 15 is 0 Å². The van der Waals surface area contributed by atoms with Gasteiger partial charge in [0.05, 0.1) is 13.2 Å². The van der Waals surface area contributed by atoms with Gasteiger partial charge in [-0.25, -0.2) is 4.39 Å². The highest BCUT2D eigenvalue weighted by Gasteiger charge is 2.17. The number of carbonyl (C=O) groups excluding carboxylic acids is 1. The summed E-state index contributed by atoms with van der Waals surface area (Å²) in [5, 5.41) is 2.64. The lowest BCUT2D eigenvalue weighted by Gasteiger charge is -2.16. The van der Waals surface area contributed by atoms with Crippen LogP contribution in [0.4, 0.5) is 13.2 Å². The van der Waals surface area contributed by atoms with Crippen molar-refractivity contribution in [1.29, 1.82) is 0 Å². The van der Waals surface area contributed by atoms with Crippen molar-refractivity contribution in [2.75, 3.05) is 7.11 Å². The Labute approximate surface area is 137 Å². The molecule has 0 bridgehead atoms. The fraction of sp³-hybridized carbons (Fsp3) is 0.235. The number of methoxy groups -OCH3 is 1. The molecule has 0 saturated carbocycles. The van der Waals surface area contributed by atoms with E-state index in [0.29, 0.717) is 5.56 Å². The fourth-order valence-corrected chi connectivity index (χ4v) is 2.19. The molecule has 24 heavy (non-hydrogen) atoms. The largest absolute Gasteiger partial charge is 0.493 e. The molecule has 4 nitrogen and oxygen atoms in total. The molecule has 0 saturated heterocycles. The minimum atomic E-state index is -3.00. The van der Waals surface area contributed by atoms with Crippen molar-refractivity contribution < 1.29 is 27.4 Å². The number of amides is 1. The topological polar surface area (TPSA) is 47.6 Å². The molecule has 0 unspecified atom stereocenters. The van der Waals surface area contributed by atoms with Crippen molar-refractivity contribution in [3.63, 3.8) is 0 Å². The van der Waals surface area contributed by atoms with Gasteiger partial charge in [0.1, 0.15) is 5.82 Å². The quantitative estimate of drug-likeness (QED) is 0.867. The van der Waals surface area contributed by atoms with Crippen LogP contribution < -0.4 is 14.8 Å². The molecule has 2 aromatic rings. The highest BCUT2D eigenvalue weighted by Crippen LogP contribution is 2.29. The molecule has 0 spiro atoms. The van der Waals surface area contributed by atoms with E-state index in [9.17, 15) is 18.0 Å². The summed E-state index contributed by atoms with van der Waals surface area (Å²) in [5.74, 6) is -1.09. The third kappa shape index (κ3) is 4.18. The molecule has 0 aliphatic rings. The smallest absolute Gasteiger partial charge is 0.387 e. The van der Waals surface area contributed by atoms with Gasteiger partial charge in [-0.1, -0.05) is 18.2 Å². The summed E-state index contributed by atoms with van der Waals surface area (Å²) in [7, 11) is 1.28. The zero-order valence-electron chi connectivity index (χ0n) is 13.1. The number of alkyl halides is 2. The summed E-state index contributed by atoms with van der Waals surface area (Å²) in [6, 6.07) is 9.35. The van der Waals surface area contributed by atoms with E-state index in [4.69, 9.17) is 4.74 Å². The van der Waals surface area contributed by atoms with E-state index in [1.807, 2.05) is 0 Å². The van der Waals surface area contributed by atoms with Crippen LogP contribution in [0.5, 0.6) is 11.5 Å². The van der Waals surface area contributed by atoms with Gasteiger partial charge < -0.3 is 14.8 Å². The van der Waals surface area contributed by atoms with Crippen molar-refractivity contribution in [2.24, 2.45) is 0 Å². The van der Waals surface area contributed by atoms with Gasteiger partial charge in [-0.15, -0.1) is 0 Å². The van der Waals surface area contributed by atoms with Crippen molar-refractivity contribution in [3.05, 3.63) is 59.4 Å². The van der Waals surface area contributed by atoms with Crippen LogP contribution in [0.25, 0.3) is 0 Å². The summed E-state index contributed by atoms with van der Waals surface area (Å²) in [6.45, 7) is -1.36. The number of benzene rings is 2. The molecule has 0 heterocycles. The first-order valence-corrected chi connectivity index (χ1v) is 7.10. The summed E-state index contributed by atoms with van der Waals surface area (Å²) in [6.07, 6.45) is 0. The third-order valence-corrected chi connectivity index (χ3v) is 3.36. The summed E-state index contributed by atoms with van der Waals surface area (Å²) < 4.78 is 47.6. The van der Waals surface area contributed by atoms with E-state index in [1.165, 1.54) is 31.4 Å². The van der Waals surface area contributed by atoms with Gasteiger partial charge in [0, 0.05) is 11.1 Å². The van der Waals surface area contributed by atoms with Crippen LogP contribution in [0.2, 0.25) is 0 Å². The van der Waals surface area contributed by atoms with Crippen LogP contribution in [-0.4, -0.2) is 19.6 Å². The maximum atomic E-state index is 13.7. The van der Waals surface area contributed by atoms with Crippen LogP contribution in [-0.2, 0) is 0 Å². The summed E-state index contributed by atoms with van der Waals surface area (Å²) in [5.41, 5.74) is 0.520. The molecule has 7 heteroatoms. The minimum absolute atomic E-state index is 0.00138. The Balaban J connectivity index is 2.16. The molecule has 0 radical (unpaired) electrons. The first-order valence-electron chi connectivity index (χ1n) is 7.10. The Kier molecular flexibility index (Phi) is 5.68. The second kappa shape index (κ2) is 7.72. The van der Waals surface area contributed by atoms with E-state index in [-0.39, 0.29) is 17.1 Å². The molecule has 0 aliphatic carbocycles. The lowest BCUT2D eigenvalue weighted by molar-refractivity contribution is -0.0512. The van der Waals surface area contributed by atoms with Crippen LogP contribution in [0.3, 0.4) is 0 Å². The van der Waals surface area contributed by atoms with Crippen LogP contribution in [0, 0.1) is 5.82 Å². The molecule has 0 fully saturated rings. The average molecular weight is 339 g/mol. The summed E-state index contributed by atoms with van der Waals surface area (Å²) in [4.78, 5) is 12.3. The third-order valence-electron chi connectivity index (χ3n) is 3.36. The van der Waals surface area contributed by atoms with Crippen LogP contribution >= 0.6 is 0 Å². The number of hydrogen-bond donors (Lipinski definition) is 1. The first-order chi connectivity index (χ1) is 11.4. The molecule has 1 N–H and O–H groups in total. The van der Waals surface area contributed by atoms with Crippen LogP contribution in [0.1, 0.15) is 28.9 Å². The first kappa shape index (κ1) is 17.7. The number of hydrogen-bond acceptors (Lipinski definition) is 3. The second-order valence-electron chi connectivity index (χ2n) is 4.96. The highest BCUT2D eigenvalue weighted by molar-refractivity contribution is 5.95. The minimum Gasteiger partial charge on any atom is -0.493 e. The Hall–Kier alpha value is -2.70. The lowest BCUT2D eigenvalue weighted by atomic mass is 10.1.